The standard InChI is InChI=1S/C19H24N4O2/c1-25-17-11-7-6-10-15(17)23-18-13-20-16(12-21-18)19(24)22-14-8-4-2-3-5-9-14/h6-7,10-14H,2-5,8-9H2,1H3,(H,21,23)(H,22,24). The number of benzene rings is 1. The van der Waals surface area contributed by atoms with Crippen LogP contribution in [0.2, 0.25) is 0 Å². The van der Waals surface area contributed by atoms with Gasteiger partial charge >= 0.3 is 0 Å². The fraction of sp³-hybridized carbons (Fsp3) is 0.421. The van der Waals surface area contributed by atoms with E-state index in [1.807, 2.05) is 24.3 Å². The Labute approximate surface area is 148 Å². The van der Waals surface area contributed by atoms with Gasteiger partial charge in [-0.2, -0.15) is 0 Å². The number of hydrogen-bond donors (Lipinski definition) is 2. The molecule has 0 radical (unpaired) electrons. The van der Waals surface area contributed by atoms with Gasteiger partial charge in [0.2, 0.25) is 0 Å². The number of ether oxygens (including phenoxy) is 1. The highest BCUT2D eigenvalue weighted by Crippen LogP contribution is 2.25. The van der Waals surface area contributed by atoms with Crippen LogP contribution in [-0.4, -0.2) is 29.0 Å². The van der Waals surface area contributed by atoms with Gasteiger partial charge in [0.05, 0.1) is 25.2 Å². The van der Waals surface area contributed by atoms with Crippen molar-refractivity contribution in [2.24, 2.45) is 0 Å². The molecule has 2 N–H and O–H groups in total. The van der Waals surface area contributed by atoms with E-state index >= 15 is 0 Å². The van der Waals surface area contributed by atoms with Crippen molar-refractivity contribution in [3.63, 3.8) is 0 Å². The molecule has 6 nitrogen and oxygen atoms in total. The number of anilines is 2. The minimum absolute atomic E-state index is 0.150. The minimum Gasteiger partial charge on any atom is -0.495 e. The third kappa shape index (κ3) is 4.68. The van der Waals surface area contributed by atoms with E-state index in [0.717, 1.165) is 24.3 Å². The summed E-state index contributed by atoms with van der Waals surface area (Å²) < 4.78 is 5.30. The summed E-state index contributed by atoms with van der Waals surface area (Å²) in [5.41, 5.74) is 1.14. The Bertz CT molecular complexity index is 695. The van der Waals surface area contributed by atoms with Crippen LogP contribution in [0.5, 0.6) is 5.75 Å². The fourth-order valence-electron chi connectivity index (χ4n) is 3.08. The van der Waals surface area contributed by atoms with Gasteiger partial charge in [-0.25, -0.2) is 9.97 Å². The summed E-state index contributed by atoms with van der Waals surface area (Å²) in [6, 6.07) is 7.82. The molecule has 0 aliphatic heterocycles. The Morgan fingerprint density at radius 1 is 1.08 bits per heavy atom. The van der Waals surface area contributed by atoms with Crippen LogP contribution < -0.4 is 15.4 Å². The zero-order chi connectivity index (χ0) is 17.5. The van der Waals surface area contributed by atoms with Crippen LogP contribution in [-0.2, 0) is 0 Å². The van der Waals surface area contributed by atoms with Gasteiger partial charge < -0.3 is 15.4 Å². The molecule has 1 saturated carbocycles. The van der Waals surface area contributed by atoms with Crippen LogP contribution in [0.25, 0.3) is 0 Å². The number of nitrogens with one attached hydrogen (secondary N) is 2. The van der Waals surface area contributed by atoms with Crippen molar-refractivity contribution in [1.29, 1.82) is 0 Å². The molecule has 0 saturated heterocycles. The number of nitrogens with zero attached hydrogens (tertiary/aromatic N) is 2. The van der Waals surface area contributed by atoms with E-state index in [1.54, 1.807) is 13.3 Å². The maximum absolute atomic E-state index is 12.3. The molecule has 0 spiro atoms. The van der Waals surface area contributed by atoms with E-state index < -0.39 is 0 Å². The predicted octanol–water partition coefficient (Wildman–Crippen LogP) is 3.68. The van der Waals surface area contributed by atoms with Crippen LogP contribution >= 0.6 is 0 Å². The van der Waals surface area contributed by atoms with Crippen molar-refractivity contribution in [3.8, 4) is 5.75 Å². The normalized spacial score (nSPS) is 15.2. The summed E-state index contributed by atoms with van der Waals surface area (Å²) >= 11 is 0. The lowest BCUT2D eigenvalue weighted by molar-refractivity contribution is 0.0928. The molecule has 1 amide bonds. The fourth-order valence-corrected chi connectivity index (χ4v) is 3.08. The van der Waals surface area contributed by atoms with Crippen molar-refractivity contribution in [2.45, 2.75) is 44.6 Å². The van der Waals surface area contributed by atoms with E-state index in [2.05, 4.69) is 20.6 Å². The Hall–Kier alpha value is -2.63. The smallest absolute Gasteiger partial charge is 0.271 e. The molecule has 1 heterocycles. The molecule has 1 aromatic carbocycles. The minimum atomic E-state index is -0.150. The van der Waals surface area contributed by atoms with Gasteiger partial charge in [-0.3, -0.25) is 4.79 Å². The van der Waals surface area contributed by atoms with Gasteiger partial charge in [0.25, 0.3) is 5.91 Å². The van der Waals surface area contributed by atoms with Crippen molar-refractivity contribution < 1.29 is 9.53 Å². The average Bonchev–Trinajstić information content (AvgIpc) is 2.91. The van der Waals surface area contributed by atoms with Gasteiger partial charge in [0.1, 0.15) is 17.3 Å². The Kier molecular flexibility index (Phi) is 5.82. The summed E-state index contributed by atoms with van der Waals surface area (Å²) in [6.45, 7) is 0. The number of para-hydroxylation sites is 2. The molecular weight excluding hydrogens is 316 g/mol. The summed E-state index contributed by atoms with van der Waals surface area (Å²) in [5.74, 6) is 1.14. The largest absolute Gasteiger partial charge is 0.495 e. The second-order valence-electron chi connectivity index (χ2n) is 6.27. The highest BCUT2D eigenvalue weighted by Gasteiger charge is 2.16. The molecule has 0 bridgehead atoms. The van der Waals surface area contributed by atoms with Crippen molar-refractivity contribution in [1.82, 2.24) is 15.3 Å². The molecular formula is C19H24N4O2. The van der Waals surface area contributed by atoms with Crippen molar-refractivity contribution in [2.75, 3.05) is 12.4 Å². The van der Waals surface area contributed by atoms with Gasteiger partial charge in [-0.05, 0) is 25.0 Å². The van der Waals surface area contributed by atoms with Crippen molar-refractivity contribution in [3.05, 3.63) is 42.4 Å². The summed E-state index contributed by atoms with van der Waals surface area (Å²) in [5, 5.41) is 6.23. The van der Waals surface area contributed by atoms with E-state index in [9.17, 15) is 4.79 Å². The number of amides is 1. The lowest BCUT2D eigenvalue weighted by Crippen LogP contribution is -2.34. The van der Waals surface area contributed by atoms with Crippen LogP contribution in [0, 0.1) is 0 Å². The Balaban J connectivity index is 1.62. The molecule has 132 valence electrons. The summed E-state index contributed by atoms with van der Waals surface area (Å²) in [6.07, 6.45) is 10.0. The zero-order valence-corrected chi connectivity index (χ0v) is 14.5. The summed E-state index contributed by atoms with van der Waals surface area (Å²) in [4.78, 5) is 20.9. The first-order chi connectivity index (χ1) is 12.3. The van der Waals surface area contributed by atoms with Crippen LogP contribution in [0.15, 0.2) is 36.7 Å². The van der Waals surface area contributed by atoms with Crippen LogP contribution in [0.1, 0.15) is 49.0 Å². The Morgan fingerprint density at radius 2 is 1.84 bits per heavy atom. The zero-order valence-electron chi connectivity index (χ0n) is 14.5. The number of hydrogen-bond acceptors (Lipinski definition) is 5. The molecule has 1 aliphatic carbocycles. The maximum Gasteiger partial charge on any atom is 0.271 e. The molecule has 1 fully saturated rings. The maximum atomic E-state index is 12.3. The Morgan fingerprint density at radius 3 is 2.52 bits per heavy atom. The number of methoxy groups -OCH3 is 1. The quantitative estimate of drug-likeness (QED) is 0.812. The third-order valence-corrected chi connectivity index (χ3v) is 4.44. The van der Waals surface area contributed by atoms with E-state index in [-0.39, 0.29) is 11.9 Å². The van der Waals surface area contributed by atoms with Gasteiger partial charge in [0, 0.05) is 6.04 Å². The lowest BCUT2D eigenvalue weighted by Gasteiger charge is -2.15. The second-order valence-corrected chi connectivity index (χ2v) is 6.27. The third-order valence-electron chi connectivity index (χ3n) is 4.44. The van der Waals surface area contributed by atoms with Gasteiger partial charge in [-0.1, -0.05) is 37.8 Å². The number of carbonyl (C=O) groups is 1. The molecule has 25 heavy (non-hydrogen) atoms. The highest BCUT2D eigenvalue weighted by molar-refractivity contribution is 5.92. The predicted molar refractivity (Wildman–Crippen MR) is 97.3 cm³/mol. The summed E-state index contributed by atoms with van der Waals surface area (Å²) in [7, 11) is 1.62. The number of carbonyl (C=O) groups excluding carboxylic acids is 1. The molecule has 3 rings (SSSR count). The number of aromatic nitrogens is 2. The molecule has 6 heteroatoms. The van der Waals surface area contributed by atoms with Gasteiger partial charge in [0.15, 0.2) is 0 Å². The SMILES string of the molecule is COc1ccccc1Nc1cnc(C(=O)NC2CCCCCC2)cn1. The molecule has 0 atom stereocenters. The topological polar surface area (TPSA) is 76.1 Å². The first kappa shape index (κ1) is 17.2. The van der Waals surface area contributed by atoms with Gasteiger partial charge in [-0.15, -0.1) is 0 Å². The monoisotopic (exact) mass is 340 g/mol. The van der Waals surface area contributed by atoms with E-state index in [0.29, 0.717) is 11.5 Å². The highest BCUT2D eigenvalue weighted by atomic mass is 16.5. The van der Waals surface area contributed by atoms with Crippen LogP contribution in [0.3, 0.4) is 0 Å². The van der Waals surface area contributed by atoms with Crippen LogP contribution in [0.4, 0.5) is 11.5 Å². The first-order valence-corrected chi connectivity index (χ1v) is 8.79. The molecule has 1 aromatic heterocycles. The lowest BCUT2D eigenvalue weighted by atomic mass is 10.1. The molecule has 2 aromatic rings. The van der Waals surface area contributed by atoms with E-state index in [4.69, 9.17) is 4.74 Å². The number of rotatable bonds is 5. The first-order valence-electron chi connectivity index (χ1n) is 8.79. The van der Waals surface area contributed by atoms with E-state index in [1.165, 1.54) is 31.9 Å². The molecule has 1 aliphatic rings. The van der Waals surface area contributed by atoms with Crippen molar-refractivity contribution >= 4 is 17.4 Å². The second kappa shape index (κ2) is 8.46. The average molecular weight is 340 g/mol. The molecule has 0 unspecified atom stereocenters.